The minimum atomic E-state index is -0.966. The molecular formula is C13H13NO3. The number of hydrogen-bond donors (Lipinski definition) is 2. The van der Waals surface area contributed by atoms with Crippen LogP contribution >= 0.6 is 0 Å². The Hall–Kier alpha value is -2.23. The van der Waals surface area contributed by atoms with Gasteiger partial charge >= 0.3 is 5.97 Å². The number of rotatable bonds is 4. The lowest BCUT2D eigenvalue weighted by Gasteiger charge is -2.05. The monoisotopic (exact) mass is 231 g/mol. The van der Waals surface area contributed by atoms with Crippen LogP contribution in [0.25, 0.3) is 11.1 Å². The molecule has 1 aromatic carbocycles. The minimum Gasteiger partial charge on any atom is -0.494 e. The number of nitrogens with one attached hydrogen (secondary N) is 1. The van der Waals surface area contributed by atoms with E-state index in [9.17, 15) is 4.79 Å². The molecule has 0 aliphatic rings. The van der Waals surface area contributed by atoms with Crippen LogP contribution in [-0.4, -0.2) is 22.7 Å². The highest BCUT2D eigenvalue weighted by Gasteiger charge is 2.12. The summed E-state index contributed by atoms with van der Waals surface area (Å²) in [5.74, 6) is -0.227. The summed E-state index contributed by atoms with van der Waals surface area (Å²) < 4.78 is 5.39. The Balaban J connectivity index is 2.42. The van der Waals surface area contributed by atoms with Crippen molar-refractivity contribution in [1.82, 2.24) is 4.98 Å². The van der Waals surface area contributed by atoms with Crippen molar-refractivity contribution >= 4 is 5.97 Å². The predicted octanol–water partition coefficient (Wildman–Crippen LogP) is 2.78. The maximum Gasteiger partial charge on any atom is 0.352 e. The van der Waals surface area contributed by atoms with Crippen LogP contribution in [-0.2, 0) is 0 Å². The second kappa shape index (κ2) is 4.74. The Kier molecular flexibility index (Phi) is 3.14. The molecule has 0 saturated carbocycles. The van der Waals surface area contributed by atoms with E-state index in [4.69, 9.17) is 9.84 Å². The SMILES string of the molecule is CCOc1cccc(-c2cc[nH]c2C(=O)O)c1. The quantitative estimate of drug-likeness (QED) is 0.850. The molecule has 1 aromatic heterocycles. The first-order valence-electron chi connectivity index (χ1n) is 5.36. The molecule has 1 heterocycles. The highest BCUT2D eigenvalue weighted by atomic mass is 16.5. The zero-order chi connectivity index (χ0) is 12.3. The lowest BCUT2D eigenvalue weighted by atomic mass is 10.1. The summed E-state index contributed by atoms with van der Waals surface area (Å²) in [6.45, 7) is 2.49. The van der Waals surface area contributed by atoms with Crippen LogP contribution in [0.4, 0.5) is 0 Å². The summed E-state index contributed by atoms with van der Waals surface area (Å²) in [5, 5.41) is 9.03. The lowest BCUT2D eigenvalue weighted by Crippen LogP contribution is -1.98. The van der Waals surface area contributed by atoms with Crippen LogP contribution in [0.1, 0.15) is 17.4 Å². The van der Waals surface area contributed by atoms with Crippen molar-refractivity contribution in [2.45, 2.75) is 6.92 Å². The molecule has 0 aliphatic carbocycles. The van der Waals surface area contributed by atoms with Gasteiger partial charge in [-0.1, -0.05) is 12.1 Å². The van der Waals surface area contributed by atoms with Gasteiger partial charge in [0.05, 0.1) is 6.61 Å². The van der Waals surface area contributed by atoms with Crippen LogP contribution in [0, 0.1) is 0 Å². The summed E-state index contributed by atoms with van der Waals surface area (Å²) in [6, 6.07) is 9.13. The molecular weight excluding hydrogens is 218 g/mol. The van der Waals surface area contributed by atoms with E-state index in [1.165, 1.54) is 0 Å². The molecule has 0 fully saturated rings. The molecule has 0 aliphatic heterocycles. The van der Waals surface area contributed by atoms with E-state index in [-0.39, 0.29) is 5.69 Å². The topological polar surface area (TPSA) is 62.3 Å². The highest BCUT2D eigenvalue weighted by molar-refractivity contribution is 5.94. The largest absolute Gasteiger partial charge is 0.494 e. The maximum absolute atomic E-state index is 11.0. The number of ether oxygens (including phenoxy) is 1. The Morgan fingerprint density at radius 1 is 1.41 bits per heavy atom. The van der Waals surface area contributed by atoms with E-state index >= 15 is 0 Å². The molecule has 2 rings (SSSR count). The first-order valence-corrected chi connectivity index (χ1v) is 5.36. The first-order chi connectivity index (χ1) is 8.22. The van der Waals surface area contributed by atoms with Gasteiger partial charge in [0.25, 0.3) is 0 Å². The van der Waals surface area contributed by atoms with E-state index < -0.39 is 5.97 Å². The normalized spacial score (nSPS) is 10.2. The molecule has 0 saturated heterocycles. The third kappa shape index (κ3) is 2.30. The number of benzene rings is 1. The maximum atomic E-state index is 11.0. The third-order valence-corrected chi connectivity index (χ3v) is 2.42. The summed E-state index contributed by atoms with van der Waals surface area (Å²) in [6.07, 6.45) is 1.62. The van der Waals surface area contributed by atoms with Gasteiger partial charge in [-0.25, -0.2) is 4.79 Å². The molecule has 0 atom stereocenters. The lowest BCUT2D eigenvalue weighted by molar-refractivity contribution is 0.0692. The van der Waals surface area contributed by atoms with Gasteiger partial charge in [0.1, 0.15) is 11.4 Å². The van der Waals surface area contributed by atoms with Crippen LogP contribution < -0.4 is 4.74 Å². The molecule has 0 bridgehead atoms. The molecule has 0 radical (unpaired) electrons. The fourth-order valence-electron chi connectivity index (χ4n) is 1.71. The smallest absolute Gasteiger partial charge is 0.352 e. The first kappa shape index (κ1) is 11.3. The highest BCUT2D eigenvalue weighted by Crippen LogP contribution is 2.26. The molecule has 88 valence electrons. The van der Waals surface area contributed by atoms with E-state index in [2.05, 4.69) is 4.98 Å². The van der Waals surface area contributed by atoms with Crippen LogP contribution in [0.5, 0.6) is 5.75 Å². The van der Waals surface area contributed by atoms with E-state index in [0.717, 1.165) is 11.3 Å². The molecule has 4 nitrogen and oxygen atoms in total. The van der Waals surface area contributed by atoms with Crippen LogP contribution in [0.2, 0.25) is 0 Å². The molecule has 0 amide bonds. The average Bonchev–Trinajstić information content (AvgIpc) is 2.79. The van der Waals surface area contributed by atoms with Gasteiger partial charge in [0, 0.05) is 11.8 Å². The summed E-state index contributed by atoms with van der Waals surface area (Å²) in [7, 11) is 0. The van der Waals surface area contributed by atoms with Gasteiger partial charge in [0.15, 0.2) is 0 Å². The van der Waals surface area contributed by atoms with Crippen molar-refractivity contribution in [2.75, 3.05) is 6.61 Å². The fraction of sp³-hybridized carbons (Fsp3) is 0.154. The summed E-state index contributed by atoms with van der Waals surface area (Å²) in [5.41, 5.74) is 1.69. The molecule has 17 heavy (non-hydrogen) atoms. The third-order valence-electron chi connectivity index (χ3n) is 2.42. The molecule has 0 spiro atoms. The minimum absolute atomic E-state index is 0.193. The van der Waals surface area contributed by atoms with Crippen LogP contribution in [0.15, 0.2) is 36.5 Å². The number of aromatic nitrogens is 1. The van der Waals surface area contributed by atoms with Crippen molar-refractivity contribution in [3.8, 4) is 16.9 Å². The number of H-pyrrole nitrogens is 1. The number of carboxylic acids is 1. The Bertz CT molecular complexity index is 531. The summed E-state index contributed by atoms with van der Waals surface area (Å²) in [4.78, 5) is 13.7. The summed E-state index contributed by atoms with van der Waals surface area (Å²) >= 11 is 0. The molecule has 2 N–H and O–H groups in total. The van der Waals surface area contributed by atoms with Gasteiger partial charge in [-0.05, 0) is 30.7 Å². The van der Waals surface area contributed by atoms with E-state index in [1.807, 2.05) is 31.2 Å². The standard InChI is InChI=1S/C13H13NO3/c1-2-17-10-5-3-4-9(8-10)11-6-7-14-12(11)13(15)16/h3-8,14H,2H2,1H3,(H,15,16). The molecule has 2 aromatic rings. The second-order valence-electron chi connectivity index (χ2n) is 3.53. The van der Waals surface area contributed by atoms with Crippen LogP contribution in [0.3, 0.4) is 0 Å². The van der Waals surface area contributed by atoms with E-state index in [0.29, 0.717) is 12.2 Å². The predicted molar refractivity (Wildman–Crippen MR) is 64.4 cm³/mol. The van der Waals surface area contributed by atoms with Crippen molar-refractivity contribution in [1.29, 1.82) is 0 Å². The van der Waals surface area contributed by atoms with Gasteiger partial charge in [-0.3, -0.25) is 0 Å². The van der Waals surface area contributed by atoms with Crippen molar-refractivity contribution in [3.63, 3.8) is 0 Å². The molecule has 0 unspecified atom stereocenters. The van der Waals surface area contributed by atoms with Gasteiger partial charge in [0.2, 0.25) is 0 Å². The second-order valence-corrected chi connectivity index (χ2v) is 3.53. The Morgan fingerprint density at radius 3 is 2.94 bits per heavy atom. The molecule has 4 heteroatoms. The Labute approximate surface area is 98.9 Å². The number of aromatic amines is 1. The fourth-order valence-corrected chi connectivity index (χ4v) is 1.71. The number of aromatic carboxylic acids is 1. The zero-order valence-electron chi connectivity index (χ0n) is 9.43. The zero-order valence-corrected chi connectivity index (χ0v) is 9.43. The van der Waals surface area contributed by atoms with Crippen molar-refractivity contribution < 1.29 is 14.6 Å². The van der Waals surface area contributed by atoms with E-state index in [1.54, 1.807) is 12.3 Å². The van der Waals surface area contributed by atoms with Crippen molar-refractivity contribution in [3.05, 3.63) is 42.2 Å². The number of carbonyl (C=O) groups is 1. The average molecular weight is 231 g/mol. The Morgan fingerprint density at radius 2 is 2.24 bits per heavy atom. The van der Waals surface area contributed by atoms with Gasteiger partial charge in [-0.2, -0.15) is 0 Å². The number of carboxylic acid groups (broad SMARTS) is 1. The van der Waals surface area contributed by atoms with Crippen molar-refractivity contribution in [2.24, 2.45) is 0 Å². The number of hydrogen-bond acceptors (Lipinski definition) is 2. The van der Waals surface area contributed by atoms with Gasteiger partial charge < -0.3 is 14.8 Å². The van der Waals surface area contributed by atoms with Gasteiger partial charge in [-0.15, -0.1) is 0 Å².